The van der Waals surface area contributed by atoms with E-state index in [1.165, 1.54) is 30.4 Å². The van der Waals surface area contributed by atoms with Gasteiger partial charge in [-0.25, -0.2) is 0 Å². The van der Waals surface area contributed by atoms with Crippen LogP contribution in [-0.2, 0) is 0 Å². The molecule has 1 aromatic rings. The standard InChI is InChI=1S/C14H18/c1-3-4-7-12-10-13-8-5-6-9-14(13)11(12)2/h5-6,8-11H,3-4,7H2,1-2H3. The number of fused-ring (bicyclic) bond motifs is 1. The lowest BCUT2D eigenvalue weighted by Gasteiger charge is -2.10. The SMILES string of the molecule is CCCCC1=Cc2ccccc2C1C. The van der Waals surface area contributed by atoms with Gasteiger partial charge in [0.25, 0.3) is 0 Å². The minimum Gasteiger partial charge on any atom is -0.0654 e. The highest BCUT2D eigenvalue weighted by Crippen LogP contribution is 2.37. The van der Waals surface area contributed by atoms with Gasteiger partial charge in [0.1, 0.15) is 0 Å². The van der Waals surface area contributed by atoms with E-state index in [0.29, 0.717) is 5.92 Å². The fraction of sp³-hybridized carbons (Fsp3) is 0.429. The maximum Gasteiger partial charge on any atom is 0.00290 e. The van der Waals surface area contributed by atoms with Crippen molar-refractivity contribution in [2.75, 3.05) is 0 Å². The summed E-state index contributed by atoms with van der Waals surface area (Å²) in [7, 11) is 0. The van der Waals surface area contributed by atoms with Crippen LogP contribution in [0.15, 0.2) is 29.8 Å². The first kappa shape index (κ1) is 9.51. The highest BCUT2D eigenvalue weighted by Gasteiger charge is 2.19. The molecule has 1 atom stereocenters. The van der Waals surface area contributed by atoms with Gasteiger partial charge in [0.05, 0.1) is 0 Å². The van der Waals surface area contributed by atoms with Crippen LogP contribution >= 0.6 is 0 Å². The lowest BCUT2D eigenvalue weighted by molar-refractivity contribution is 0.741. The lowest BCUT2D eigenvalue weighted by atomic mass is 9.95. The number of hydrogen-bond donors (Lipinski definition) is 0. The Balaban J connectivity index is 2.19. The van der Waals surface area contributed by atoms with E-state index in [9.17, 15) is 0 Å². The quantitative estimate of drug-likeness (QED) is 0.657. The summed E-state index contributed by atoms with van der Waals surface area (Å²) in [6.07, 6.45) is 6.27. The lowest BCUT2D eigenvalue weighted by Crippen LogP contribution is -1.92. The van der Waals surface area contributed by atoms with Gasteiger partial charge in [0.15, 0.2) is 0 Å². The zero-order chi connectivity index (χ0) is 9.97. The number of hydrogen-bond acceptors (Lipinski definition) is 0. The van der Waals surface area contributed by atoms with Crippen LogP contribution in [0.25, 0.3) is 6.08 Å². The van der Waals surface area contributed by atoms with Crippen LogP contribution in [0.1, 0.15) is 50.2 Å². The first-order valence-corrected chi connectivity index (χ1v) is 5.62. The van der Waals surface area contributed by atoms with Gasteiger partial charge in [0.2, 0.25) is 0 Å². The van der Waals surface area contributed by atoms with Crippen molar-refractivity contribution >= 4 is 6.08 Å². The van der Waals surface area contributed by atoms with Gasteiger partial charge in [-0.1, -0.05) is 56.2 Å². The largest absolute Gasteiger partial charge is 0.0654 e. The van der Waals surface area contributed by atoms with Crippen LogP contribution in [0.3, 0.4) is 0 Å². The van der Waals surface area contributed by atoms with Crippen molar-refractivity contribution in [3.8, 4) is 0 Å². The van der Waals surface area contributed by atoms with Crippen molar-refractivity contribution in [2.24, 2.45) is 0 Å². The Morgan fingerprint density at radius 2 is 2.00 bits per heavy atom. The third-order valence-corrected chi connectivity index (χ3v) is 3.18. The Morgan fingerprint density at radius 1 is 1.21 bits per heavy atom. The van der Waals surface area contributed by atoms with Crippen LogP contribution in [0, 0.1) is 0 Å². The molecule has 14 heavy (non-hydrogen) atoms. The van der Waals surface area contributed by atoms with Gasteiger partial charge in [-0.15, -0.1) is 0 Å². The second kappa shape index (κ2) is 4.00. The molecule has 0 nitrogen and oxygen atoms in total. The van der Waals surface area contributed by atoms with E-state index in [1.807, 2.05) is 0 Å². The van der Waals surface area contributed by atoms with E-state index in [4.69, 9.17) is 0 Å². The van der Waals surface area contributed by atoms with E-state index in [0.717, 1.165) is 0 Å². The molecule has 2 rings (SSSR count). The van der Waals surface area contributed by atoms with Crippen molar-refractivity contribution < 1.29 is 0 Å². The van der Waals surface area contributed by atoms with E-state index >= 15 is 0 Å². The highest BCUT2D eigenvalue weighted by molar-refractivity contribution is 5.66. The van der Waals surface area contributed by atoms with Gasteiger partial charge >= 0.3 is 0 Å². The molecule has 0 aliphatic heterocycles. The molecule has 1 aliphatic carbocycles. The summed E-state index contributed by atoms with van der Waals surface area (Å²) in [5.41, 5.74) is 4.57. The average Bonchev–Trinajstić information content (AvgIpc) is 2.54. The zero-order valence-electron chi connectivity index (χ0n) is 9.09. The maximum atomic E-state index is 2.38. The minimum atomic E-state index is 0.651. The molecule has 1 aliphatic rings. The molecule has 0 fully saturated rings. The third-order valence-electron chi connectivity index (χ3n) is 3.18. The van der Waals surface area contributed by atoms with Crippen molar-refractivity contribution in [2.45, 2.75) is 39.0 Å². The molecule has 0 bridgehead atoms. The van der Waals surface area contributed by atoms with Crippen molar-refractivity contribution in [1.82, 2.24) is 0 Å². The summed E-state index contributed by atoms with van der Waals surface area (Å²) in [4.78, 5) is 0. The Morgan fingerprint density at radius 3 is 2.71 bits per heavy atom. The summed E-state index contributed by atoms with van der Waals surface area (Å²) in [5, 5.41) is 0. The summed E-state index contributed by atoms with van der Waals surface area (Å²) in [6, 6.07) is 8.76. The number of benzene rings is 1. The fourth-order valence-corrected chi connectivity index (χ4v) is 2.23. The topological polar surface area (TPSA) is 0 Å². The minimum absolute atomic E-state index is 0.651. The Bertz CT molecular complexity index is 347. The van der Waals surface area contributed by atoms with E-state index in [1.54, 1.807) is 5.57 Å². The van der Waals surface area contributed by atoms with Crippen LogP contribution < -0.4 is 0 Å². The van der Waals surface area contributed by atoms with Crippen molar-refractivity contribution in [3.63, 3.8) is 0 Å². The normalized spacial score (nSPS) is 19.3. The molecule has 0 heteroatoms. The molecule has 0 amide bonds. The first-order chi connectivity index (χ1) is 6.83. The predicted octanol–water partition coefficient (Wildman–Crippen LogP) is 4.38. The Labute approximate surface area is 86.7 Å². The maximum absolute atomic E-state index is 2.38. The summed E-state index contributed by atoms with van der Waals surface area (Å²) in [6.45, 7) is 4.58. The predicted molar refractivity (Wildman–Crippen MR) is 62.4 cm³/mol. The first-order valence-electron chi connectivity index (χ1n) is 5.62. The molecule has 0 saturated heterocycles. The molecule has 1 aromatic carbocycles. The zero-order valence-corrected chi connectivity index (χ0v) is 9.09. The molecule has 0 spiro atoms. The molecular weight excluding hydrogens is 168 g/mol. The smallest absolute Gasteiger partial charge is 0.00290 e. The molecule has 0 saturated carbocycles. The number of rotatable bonds is 3. The van der Waals surface area contributed by atoms with Crippen molar-refractivity contribution in [3.05, 3.63) is 41.0 Å². The summed E-state index contributed by atoms with van der Waals surface area (Å²) in [5.74, 6) is 0.651. The monoisotopic (exact) mass is 186 g/mol. The molecular formula is C14H18. The second-order valence-corrected chi connectivity index (χ2v) is 4.17. The van der Waals surface area contributed by atoms with Gasteiger partial charge in [0, 0.05) is 5.92 Å². The highest BCUT2D eigenvalue weighted by atomic mass is 14.2. The van der Waals surface area contributed by atoms with Crippen LogP contribution in [0.4, 0.5) is 0 Å². The fourth-order valence-electron chi connectivity index (χ4n) is 2.23. The molecule has 0 radical (unpaired) electrons. The van der Waals surface area contributed by atoms with Crippen LogP contribution in [0.2, 0.25) is 0 Å². The van der Waals surface area contributed by atoms with Gasteiger partial charge in [-0.3, -0.25) is 0 Å². The molecule has 1 unspecified atom stereocenters. The second-order valence-electron chi connectivity index (χ2n) is 4.17. The average molecular weight is 186 g/mol. The van der Waals surface area contributed by atoms with Crippen LogP contribution in [-0.4, -0.2) is 0 Å². The van der Waals surface area contributed by atoms with Gasteiger partial charge in [-0.2, -0.15) is 0 Å². The number of allylic oxidation sites excluding steroid dienone is 1. The summed E-state index contributed by atoms with van der Waals surface area (Å²) >= 11 is 0. The molecule has 0 heterocycles. The van der Waals surface area contributed by atoms with E-state index in [-0.39, 0.29) is 0 Å². The number of unbranched alkanes of at least 4 members (excludes halogenated alkanes) is 1. The van der Waals surface area contributed by atoms with E-state index in [2.05, 4.69) is 44.2 Å². The summed E-state index contributed by atoms with van der Waals surface area (Å²) < 4.78 is 0. The Hall–Kier alpha value is -1.04. The molecule has 0 N–H and O–H groups in total. The van der Waals surface area contributed by atoms with Gasteiger partial charge in [-0.05, 0) is 24.0 Å². The molecule has 0 aromatic heterocycles. The van der Waals surface area contributed by atoms with Gasteiger partial charge < -0.3 is 0 Å². The van der Waals surface area contributed by atoms with E-state index < -0.39 is 0 Å². The Kier molecular flexibility index (Phi) is 2.72. The molecule has 74 valence electrons. The third kappa shape index (κ3) is 1.61. The van der Waals surface area contributed by atoms with Crippen molar-refractivity contribution in [1.29, 1.82) is 0 Å². The van der Waals surface area contributed by atoms with Crippen LogP contribution in [0.5, 0.6) is 0 Å².